The van der Waals surface area contributed by atoms with E-state index in [0.29, 0.717) is 17.9 Å². The van der Waals surface area contributed by atoms with Crippen molar-refractivity contribution < 1.29 is 8.78 Å². The van der Waals surface area contributed by atoms with E-state index in [9.17, 15) is 8.78 Å². The lowest BCUT2D eigenvalue weighted by Crippen LogP contribution is -2.33. The van der Waals surface area contributed by atoms with Gasteiger partial charge in [0.15, 0.2) is 17.5 Å². The van der Waals surface area contributed by atoms with Gasteiger partial charge in [0.1, 0.15) is 0 Å². The van der Waals surface area contributed by atoms with Crippen molar-refractivity contribution in [1.82, 2.24) is 19.9 Å². The third-order valence-corrected chi connectivity index (χ3v) is 4.05. The number of likely N-dealkylation sites (tertiary alicyclic amines) is 1. The molecule has 2 heterocycles. The van der Waals surface area contributed by atoms with Gasteiger partial charge >= 0.3 is 0 Å². The SMILES string of the molecule is Cl.Fc1ccc(Cn2cc(NCCN3CCCCC3)nn2)cc1F. The highest BCUT2D eigenvalue weighted by Gasteiger charge is 2.09. The second-order valence-electron chi connectivity index (χ2n) is 5.88. The minimum Gasteiger partial charge on any atom is -0.366 e. The number of nitrogens with zero attached hydrogens (tertiary/aromatic N) is 4. The van der Waals surface area contributed by atoms with Crippen LogP contribution >= 0.6 is 12.4 Å². The Kier molecular flexibility index (Phi) is 6.93. The molecule has 1 aromatic heterocycles. The average Bonchev–Trinajstić information content (AvgIpc) is 2.99. The molecule has 1 aliphatic heterocycles. The van der Waals surface area contributed by atoms with Gasteiger partial charge in [-0.1, -0.05) is 17.7 Å². The maximum Gasteiger partial charge on any atom is 0.168 e. The van der Waals surface area contributed by atoms with Crippen LogP contribution in [0.1, 0.15) is 24.8 Å². The highest BCUT2D eigenvalue weighted by atomic mass is 35.5. The highest BCUT2D eigenvalue weighted by Crippen LogP contribution is 2.11. The summed E-state index contributed by atoms with van der Waals surface area (Å²) in [6, 6.07) is 3.85. The number of aromatic nitrogens is 3. The summed E-state index contributed by atoms with van der Waals surface area (Å²) >= 11 is 0. The lowest BCUT2D eigenvalue weighted by molar-refractivity contribution is 0.237. The van der Waals surface area contributed by atoms with Crippen LogP contribution in [0.4, 0.5) is 14.6 Å². The van der Waals surface area contributed by atoms with Crippen LogP contribution in [-0.2, 0) is 6.54 Å². The van der Waals surface area contributed by atoms with Gasteiger partial charge in [-0.15, -0.1) is 17.5 Å². The lowest BCUT2D eigenvalue weighted by Gasteiger charge is -2.26. The molecule has 1 aromatic carbocycles. The number of hydrogen-bond donors (Lipinski definition) is 1. The molecule has 3 rings (SSSR count). The molecule has 2 aromatic rings. The number of halogens is 3. The molecule has 0 aliphatic carbocycles. The minimum atomic E-state index is -0.845. The van der Waals surface area contributed by atoms with Crippen LogP contribution in [0.3, 0.4) is 0 Å². The summed E-state index contributed by atoms with van der Waals surface area (Å²) in [5.41, 5.74) is 0.647. The second-order valence-corrected chi connectivity index (χ2v) is 5.88. The van der Waals surface area contributed by atoms with E-state index in [2.05, 4.69) is 20.5 Å². The molecule has 132 valence electrons. The van der Waals surface area contributed by atoms with Crippen molar-refractivity contribution in [2.45, 2.75) is 25.8 Å². The van der Waals surface area contributed by atoms with Gasteiger partial charge in [0.25, 0.3) is 0 Å². The largest absolute Gasteiger partial charge is 0.366 e. The predicted molar refractivity (Wildman–Crippen MR) is 91.5 cm³/mol. The Hall–Kier alpha value is -1.73. The summed E-state index contributed by atoms with van der Waals surface area (Å²) in [5.74, 6) is -0.987. The van der Waals surface area contributed by atoms with Gasteiger partial charge in [-0.25, -0.2) is 13.5 Å². The molecule has 1 aliphatic rings. The summed E-state index contributed by atoms with van der Waals surface area (Å²) < 4.78 is 27.7. The standard InChI is InChI=1S/C16H21F2N5.ClH/c17-14-5-4-13(10-15(14)18)11-23-12-16(20-21-23)19-6-9-22-7-2-1-3-8-22;/h4-5,10,12,19H,1-3,6-9,11H2;1H. The summed E-state index contributed by atoms with van der Waals surface area (Å²) in [4.78, 5) is 2.45. The summed E-state index contributed by atoms with van der Waals surface area (Å²) in [7, 11) is 0. The maximum atomic E-state index is 13.2. The van der Waals surface area contributed by atoms with Crippen molar-refractivity contribution in [2.75, 3.05) is 31.5 Å². The zero-order valence-corrected chi connectivity index (χ0v) is 14.2. The molecular weight excluding hydrogens is 336 g/mol. The molecule has 0 unspecified atom stereocenters. The highest BCUT2D eigenvalue weighted by molar-refractivity contribution is 5.85. The fraction of sp³-hybridized carbons (Fsp3) is 0.500. The number of anilines is 1. The van der Waals surface area contributed by atoms with Crippen molar-refractivity contribution in [3.8, 4) is 0 Å². The average molecular weight is 358 g/mol. The van der Waals surface area contributed by atoms with Gasteiger partial charge in [-0.3, -0.25) is 0 Å². The Morgan fingerprint density at radius 1 is 1.08 bits per heavy atom. The lowest BCUT2D eigenvalue weighted by atomic mass is 10.1. The first-order valence-corrected chi connectivity index (χ1v) is 8.01. The van der Waals surface area contributed by atoms with E-state index < -0.39 is 11.6 Å². The van der Waals surface area contributed by atoms with Crippen LogP contribution in [0.5, 0.6) is 0 Å². The molecule has 0 bridgehead atoms. The van der Waals surface area contributed by atoms with Crippen molar-refractivity contribution in [3.05, 3.63) is 41.6 Å². The molecule has 0 amide bonds. The summed E-state index contributed by atoms with van der Waals surface area (Å²) in [6.45, 7) is 4.52. The van der Waals surface area contributed by atoms with Gasteiger partial charge in [-0.05, 0) is 43.6 Å². The number of nitrogens with one attached hydrogen (secondary N) is 1. The van der Waals surface area contributed by atoms with Gasteiger partial charge in [0.2, 0.25) is 0 Å². The van der Waals surface area contributed by atoms with Crippen molar-refractivity contribution >= 4 is 18.2 Å². The quantitative estimate of drug-likeness (QED) is 0.863. The fourth-order valence-corrected chi connectivity index (χ4v) is 2.81. The Labute approximate surface area is 146 Å². The third-order valence-electron chi connectivity index (χ3n) is 4.05. The minimum absolute atomic E-state index is 0. The fourth-order valence-electron chi connectivity index (χ4n) is 2.81. The van der Waals surface area contributed by atoms with E-state index in [1.807, 2.05) is 0 Å². The summed E-state index contributed by atoms with van der Waals surface area (Å²) in [5, 5.41) is 11.3. The number of hydrogen-bond acceptors (Lipinski definition) is 4. The monoisotopic (exact) mass is 357 g/mol. The van der Waals surface area contributed by atoms with Crippen LogP contribution in [0.2, 0.25) is 0 Å². The number of benzene rings is 1. The second kappa shape index (κ2) is 8.94. The molecule has 1 fully saturated rings. The van der Waals surface area contributed by atoms with E-state index in [1.165, 1.54) is 38.4 Å². The predicted octanol–water partition coefficient (Wildman–Crippen LogP) is 2.92. The van der Waals surface area contributed by atoms with Gasteiger partial charge in [0.05, 0.1) is 12.7 Å². The first-order valence-electron chi connectivity index (χ1n) is 8.01. The molecule has 0 saturated carbocycles. The molecule has 0 spiro atoms. The van der Waals surface area contributed by atoms with Crippen LogP contribution < -0.4 is 5.32 Å². The number of rotatable bonds is 6. The Balaban J connectivity index is 0.00000208. The van der Waals surface area contributed by atoms with E-state index in [4.69, 9.17) is 0 Å². The van der Waals surface area contributed by atoms with Gasteiger partial charge < -0.3 is 10.2 Å². The molecule has 24 heavy (non-hydrogen) atoms. The van der Waals surface area contributed by atoms with Gasteiger partial charge in [-0.2, -0.15) is 0 Å². The molecule has 1 N–H and O–H groups in total. The Bertz CT molecular complexity index is 643. The van der Waals surface area contributed by atoms with Crippen LogP contribution in [0, 0.1) is 11.6 Å². The summed E-state index contributed by atoms with van der Waals surface area (Å²) in [6.07, 6.45) is 5.68. The first-order chi connectivity index (χ1) is 11.2. The molecular formula is C16H22ClF2N5. The van der Waals surface area contributed by atoms with Crippen molar-refractivity contribution in [2.24, 2.45) is 0 Å². The van der Waals surface area contributed by atoms with Crippen LogP contribution in [0.15, 0.2) is 24.4 Å². The molecule has 8 heteroatoms. The van der Waals surface area contributed by atoms with E-state index in [0.717, 1.165) is 19.2 Å². The third kappa shape index (κ3) is 5.14. The molecule has 0 radical (unpaired) electrons. The van der Waals surface area contributed by atoms with Crippen molar-refractivity contribution in [1.29, 1.82) is 0 Å². The molecule has 0 atom stereocenters. The van der Waals surface area contributed by atoms with E-state index in [1.54, 1.807) is 16.9 Å². The van der Waals surface area contributed by atoms with E-state index >= 15 is 0 Å². The zero-order chi connectivity index (χ0) is 16.1. The number of piperidine rings is 1. The Morgan fingerprint density at radius 2 is 1.88 bits per heavy atom. The zero-order valence-electron chi connectivity index (χ0n) is 13.4. The first kappa shape index (κ1) is 18.6. The van der Waals surface area contributed by atoms with E-state index in [-0.39, 0.29) is 12.4 Å². The molecule has 5 nitrogen and oxygen atoms in total. The maximum absolute atomic E-state index is 13.2. The topological polar surface area (TPSA) is 46.0 Å². The Morgan fingerprint density at radius 3 is 2.62 bits per heavy atom. The van der Waals surface area contributed by atoms with Gasteiger partial charge in [0, 0.05) is 13.1 Å². The van der Waals surface area contributed by atoms with Crippen LogP contribution in [0.25, 0.3) is 0 Å². The van der Waals surface area contributed by atoms with Crippen molar-refractivity contribution in [3.63, 3.8) is 0 Å². The normalized spacial score (nSPS) is 15.1. The molecule has 1 saturated heterocycles. The van der Waals surface area contributed by atoms with Crippen LogP contribution in [-0.4, -0.2) is 46.1 Å². The smallest absolute Gasteiger partial charge is 0.168 e.